The number of hydrogen-bond acceptors (Lipinski definition) is 3. The van der Waals surface area contributed by atoms with Gasteiger partial charge in [0.25, 0.3) is 0 Å². The Labute approximate surface area is 135 Å². The molecule has 1 heterocycles. The lowest BCUT2D eigenvalue weighted by atomic mass is 9.66. The molecule has 2 nitrogen and oxygen atoms in total. The third-order valence-electron chi connectivity index (χ3n) is 4.15. The van der Waals surface area contributed by atoms with Crippen LogP contribution in [-0.2, 0) is 0 Å². The molecule has 3 atom stereocenters. The van der Waals surface area contributed by atoms with E-state index in [1.165, 1.54) is 17.8 Å². The van der Waals surface area contributed by atoms with Gasteiger partial charge in [-0.2, -0.15) is 5.26 Å². The number of aliphatic hydroxyl groups excluding tert-OH is 1. The van der Waals surface area contributed by atoms with Gasteiger partial charge >= 0.3 is 0 Å². The van der Waals surface area contributed by atoms with Gasteiger partial charge in [-0.15, -0.1) is 11.3 Å². The second-order valence-corrected chi connectivity index (χ2v) is 8.57. The van der Waals surface area contributed by atoms with Crippen LogP contribution in [0.5, 0.6) is 0 Å². The van der Waals surface area contributed by atoms with E-state index in [0.717, 1.165) is 38.8 Å². The highest BCUT2D eigenvalue weighted by Crippen LogP contribution is 2.50. The number of nitrogens with zero attached hydrogens (tertiary/aromatic N) is 1. The highest BCUT2D eigenvalue weighted by Gasteiger charge is 2.43. The zero-order valence-corrected chi connectivity index (χ0v) is 14.8. The minimum atomic E-state index is -0.681. The van der Waals surface area contributed by atoms with E-state index in [0.29, 0.717) is 5.92 Å². The van der Waals surface area contributed by atoms with E-state index in [4.69, 9.17) is 0 Å². The van der Waals surface area contributed by atoms with Crippen molar-refractivity contribution in [3.8, 4) is 6.07 Å². The van der Waals surface area contributed by atoms with Crippen LogP contribution in [-0.4, -0.2) is 5.11 Å². The first kappa shape index (κ1) is 15.5. The molecule has 0 saturated heterocycles. The summed E-state index contributed by atoms with van der Waals surface area (Å²) in [7, 11) is 0. The maximum atomic E-state index is 10.7. The normalized spacial score (nSPS) is 28.9. The summed E-state index contributed by atoms with van der Waals surface area (Å²) in [5.41, 5.74) is -0.608. The van der Waals surface area contributed by atoms with Crippen LogP contribution in [0.1, 0.15) is 50.0 Å². The zero-order valence-electron chi connectivity index (χ0n) is 10.8. The number of nitriles is 1. The maximum Gasteiger partial charge on any atom is 0.107 e. The van der Waals surface area contributed by atoms with Gasteiger partial charge < -0.3 is 5.11 Å². The summed E-state index contributed by atoms with van der Waals surface area (Å²) in [6, 6.07) is 4.36. The topological polar surface area (TPSA) is 44.0 Å². The Hall–Kier alpha value is 0.110. The average Bonchev–Trinajstić information content (AvgIpc) is 2.77. The summed E-state index contributed by atoms with van der Waals surface area (Å²) in [6.45, 7) is 2.17. The standard InChI is InChI=1S/C14H17Br2NOS/c1-2-9-4-3-5-14(7-9,8-17)12(18)11-6-10(15)13(16)19-11/h6,9,12,18H,2-5,7H2,1H3. The summed E-state index contributed by atoms with van der Waals surface area (Å²) in [6.07, 6.45) is 4.25. The highest BCUT2D eigenvalue weighted by molar-refractivity contribution is 9.13. The van der Waals surface area contributed by atoms with Crippen LogP contribution in [0.25, 0.3) is 0 Å². The monoisotopic (exact) mass is 405 g/mol. The molecule has 2 rings (SSSR count). The summed E-state index contributed by atoms with van der Waals surface area (Å²) in [4.78, 5) is 0.872. The first-order chi connectivity index (χ1) is 9.02. The Morgan fingerprint density at radius 3 is 2.89 bits per heavy atom. The fourth-order valence-corrected chi connectivity index (χ4v) is 5.15. The van der Waals surface area contributed by atoms with Crippen molar-refractivity contribution < 1.29 is 5.11 Å². The van der Waals surface area contributed by atoms with Crippen LogP contribution in [0.2, 0.25) is 0 Å². The van der Waals surface area contributed by atoms with Crippen LogP contribution in [0, 0.1) is 22.7 Å². The molecule has 0 aromatic carbocycles. The van der Waals surface area contributed by atoms with Crippen molar-refractivity contribution in [1.29, 1.82) is 5.26 Å². The van der Waals surface area contributed by atoms with Gasteiger partial charge in [-0.25, -0.2) is 0 Å². The Morgan fingerprint density at radius 1 is 1.63 bits per heavy atom. The van der Waals surface area contributed by atoms with Gasteiger partial charge in [-0.1, -0.05) is 26.2 Å². The van der Waals surface area contributed by atoms with Crippen molar-refractivity contribution in [3.63, 3.8) is 0 Å². The number of halogens is 2. The molecule has 1 aromatic heterocycles. The first-order valence-electron chi connectivity index (χ1n) is 6.56. The van der Waals surface area contributed by atoms with E-state index in [1.807, 2.05) is 6.07 Å². The number of aliphatic hydroxyl groups is 1. The molecule has 1 aliphatic rings. The van der Waals surface area contributed by atoms with Crippen molar-refractivity contribution >= 4 is 43.2 Å². The van der Waals surface area contributed by atoms with Crippen molar-refractivity contribution in [2.24, 2.45) is 11.3 Å². The molecule has 3 unspecified atom stereocenters. The van der Waals surface area contributed by atoms with Crippen LogP contribution < -0.4 is 0 Å². The van der Waals surface area contributed by atoms with Gasteiger partial charge in [0.2, 0.25) is 0 Å². The molecule has 0 radical (unpaired) electrons. The summed E-state index contributed by atoms with van der Waals surface area (Å²) < 4.78 is 1.92. The maximum absolute atomic E-state index is 10.7. The lowest BCUT2D eigenvalue weighted by molar-refractivity contribution is 0.0209. The molecule has 5 heteroatoms. The lowest BCUT2D eigenvalue weighted by Crippen LogP contribution is -2.33. The second kappa shape index (κ2) is 6.26. The molecule has 1 N–H and O–H groups in total. The van der Waals surface area contributed by atoms with Gasteiger partial charge in [0.15, 0.2) is 0 Å². The lowest BCUT2D eigenvalue weighted by Gasteiger charge is -2.38. The quantitative estimate of drug-likeness (QED) is 0.728. The Bertz CT molecular complexity index is 477. The van der Waals surface area contributed by atoms with Gasteiger partial charge in [-0.05, 0) is 56.7 Å². The second-order valence-electron chi connectivity index (χ2n) is 5.31. The molecule has 0 amide bonds. The molecule has 1 aliphatic carbocycles. The summed E-state index contributed by atoms with van der Waals surface area (Å²) in [5.74, 6) is 0.565. The predicted molar refractivity (Wildman–Crippen MR) is 85.0 cm³/mol. The van der Waals surface area contributed by atoms with Crippen molar-refractivity contribution in [3.05, 3.63) is 19.2 Å². The van der Waals surface area contributed by atoms with Crippen molar-refractivity contribution in [1.82, 2.24) is 0 Å². The van der Waals surface area contributed by atoms with E-state index >= 15 is 0 Å². The molecule has 19 heavy (non-hydrogen) atoms. The molecular formula is C14H17Br2NOS. The smallest absolute Gasteiger partial charge is 0.107 e. The Balaban J connectivity index is 2.28. The van der Waals surface area contributed by atoms with Crippen molar-refractivity contribution in [2.75, 3.05) is 0 Å². The highest BCUT2D eigenvalue weighted by atomic mass is 79.9. The minimum absolute atomic E-state index is 0.565. The van der Waals surface area contributed by atoms with Crippen LogP contribution in [0.4, 0.5) is 0 Å². The van der Waals surface area contributed by atoms with E-state index in [9.17, 15) is 10.4 Å². The molecule has 1 fully saturated rings. The Morgan fingerprint density at radius 2 is 2.37 bits per heavy atom. The van der Waals surface area contributed by atoms with Gasteiger partial charge in [0.1, 0.15) is 6.10 Å². The van der Waals surface area contributed by atoms with Crippen molar-refractivity contribution in [2.45, 2.75) is 45.1 Å². The van der Waals surface area contributed by atoms with Gasteiger partial charge in [0.05, 0.1) is 15.3 Å². The predicted octanol–water partition coefficient (Wildman–Crippen LogP) is 5.42. The fourth-order valence-electron chi connectivity index (χ4n) is 2.96. The molecular weight excluding hydrogens is 390 g/mol. The molecule has 0 aliphatic heterocycles. The van der Waals surface area contributed by atoms with Crippen LogP contribution in [0.15, 0.2) is 14.3 Å². The van der Waals surface area contributed by atoms with E-state index in [-0.39, 0.29) is 0 Å². The summed E-state index contributed by atoms with van der Waals surface area (Å²) in [5, 5.41) is 20.3. The van der Waals surface area contributed by atoms with E-state index < -0.39 is 11.5 Å². The minimum Gasteiger partial charge on any atom is -0.386 e. The molecule has 1 saturated carbocycles. The average molecular weight is 407 g/mol. The molecule has 104 valence electrons. The SMILES string of the molecule is CCC1CCCC(C#N)(C(O)c2cc(Br)c(Br)s2)C1. The molecule has 0 spiro atoms. The first-order valence-corrected chi connectivity index (χ1v) is 8.96. The molecule has 1 aromatic rings. The van der Waals surface area contributed by atoms with Gasteiger partial charge in [0, 0.05) is 9.35 Å². The third-order valence-corrected chi connectivity index (χ3v) is 7.45. The number of thiophene rings is 1. The number of rotatable bonds is 3. The summed E-state index contributed by atoms with van der Waals surface area (Å²) >= 11 is 8.40. The van der Waals surface area contributed by atoms with Gasteiger partial charge in [-0.3, -0.25) is 0 Å². The Kier molecular flexibility index (Phi) is 5.10. The van der Waals surface area contributed by atoms with E-state index in [1.54, 1.807) is 0 Å². The fraction of sp³-hybridized carbons (Fsp3) is 0.643. The molecule has 0 bridgehead atoms. The van der Waals surface area contributed by atoms with Crippen LogP contribution >= 0.6 is 43.2 Å². The van der Waals surface area contributed by atoms with Crippen LogP contribution in [0.3, 0.4) is 0 Å². The number of hydrogen-bond donors (Lipinski definition) is 1. The van der Waals surface area contributed by atoms with E-state index in [2.05, 4.69) is 44.9 Å². The third kappa shape index (κ3) is 3.07. The largest absolute Gasteiger partial charge is 0.386 e. The zero-order chi connectivity index (χ0) is 14.0.